The van der Waals surface area contributed by atoms with Gasteiger partial charge in [-0.25, -0.2) is 4.90 Å². The summed E-state index contributed by atoms with van der Waals surface area (Å²) in [5.41, 5.74) is 0. The number of hydrogen-bond donors (Lipinski definition) is 0. The van der Waals surface area contributed by atoms with Gasteiger partial charge < -0.3 is 0 Å². The molecule has 0 saturated carbocycles. The van der Waals surface area contributed by atoms with E-state index in [1.807, 2.05) is 0 Å². The monoisotopic (exact) mass is 550 g/mol. The van der Waals surface area contributed by atoms with Gasteiger partial charge in [0.25, 0.3) is 0 Å². The molecule has 4 heteroatoms. The van der Waals surface area contributed by atoms with E-state index >= 15 is 0 Å². The zero-order chi connectivity index (χ0) is 28.8. The number of nitrogens with zero attached hydrogens (tertiary/aromatic N) is 1. The van der Waals surface area contributed by atoms with Crippen LogP contribution in [0.2, 0.25) is 0 Å². The van der Waals surface area contributed by atoms with Crippen molar-refractivity contribution in [3.63, 3.8) is 0 Å². The minimum atomic E-state index is -0.339. The Kier molecular flexibility index (Phi) is 28.9. The van der Waals surface area contributed by atoms with Crippen LogP contribution in [0.25, 0.3) is 0 Å². The van der Waals surface area contributed by atoms with E-state index in [1.165, 1.54) is 128 Å². The number of imide groups is 3. The van der Waals surface area contributed by atoms with Gasteiger partial charge in [0, 0.05) is 19.3 Å². The number of rotatable bonds is 29. The van der Waals surface area contributed by atoms with Gasteiger partial charge in [0.05, 0.1) is 0 Å². The van der Waals surface area contributed by atoms with Crippen molar-refractivity contribution in [2.75, 3.05) is 0 Å². The summed E-state index contributed by atoms with van der Waals surface area (Å²) in [6, 6.07) is 0. The molecule has 0 saturated heterocycles. The van der Waals surface area contributed by atoms with E-state index < -0.39 is 0 Å². The van der Waals surface area contributed by atoms with Gasteiger partial charge in [-0.05, 0) is 12.8 Å². The summed E-state index contributed by atoms with van der Waals surface area (Å²) >= 11 is 0. The van der Waals surface area contributed by atoms with E-state index in [2.05, 4.69) is 13.8 Å². The van der Waals surface area contributed by atoms with Crippen LogP contribution in [0.3, 0.4) is 0 Å². The lowest BCUT2D eigenvalue weighted by Gasteiger charge is -2.18. The van der Waals surface area contributed by atoms with E-state index in [9.17, 15) is 14.4 Å². The smallest absolute Gasteiger partial charge is 0.236 e. The number of carbonyl (C=O) groups excluding carboxylic acids is 3. The highest BCUT2D eigenvalue weighted by Gasteiger charge is 2.26. The minimum Gasteiger partial charge on any atom is -0.274 e. The molecule has 0 aliphatic heterocycles. The second-order valence-corrected chi connectivity index (χ2v) is 11.9. The van der Waals surface area contributed by atoms with Crippen LogP contribution in [-0.2, 0) is 14.4 Å². The first-order chi connectivity index (χ1) is 19.1. The van der Waals surface area contributed by atoms with Crippen molar-refractivity contribution in [2.45, 2.75) is 207 Å². The van der Waals surface area contributed by atoms with Crippen molar-refractivity contribution in [1.29, 1.82) is 0 Å². The first-order valence-electron chi connectivity index (χ1n) is 17.5. The van der Waals surface area contributed by atoms with E-state index in [-0.39, 0.29) is 24.1 Å². The van der Waals surface area contributed by atoms with Crippen LogP contribution in [-0.4, -0.2) is 22.6 Å². The van der Waals surface area contributed by atoms with E-state index in [0.717, 1.165) is 43.4 Å². The summed E-state index contributed by atoms with van der Waals surface area (Å²) in [7, 11) is 0. The molecule has 0 heterocycles. The van der Waals surface area contributed by atoms with Crippen molar-refractivity contribution in [2.24, 2.45) is 0 Å². The third-order valence-corrected chi connectivity index (χ3v) is 8.04. The van der Waals surface area contributed by atoms with Crippen molar-refractivity contribution in [3.8, 4) is 0 Å². The van der Waals surface area contributed by atoms with Crippen LogP contribution in [0.1, 0.15) is 207 Å². The topological polar surface area (TPSA) is 54.5 Å². The highest BCUT2D eigenvalue weighted by molar-refractivity contribution is 6.10. The predicted molar refractivity (Wildman–Crippen MR) is 168 cm³/mol. The third kappa shape index (κ3) is 24.3. The molecule has 0 atom stereocenters. The maximum absolute atomic E-state index is 12.7. The Morgan fingerprint density at radius 1 is 0.333 bits per heavy atom. The number of hydrogen-bond acceptors (Lipinski definition) is 3. The van der Waals surface area contributed by atoms with E-state index in [0.29, 0.717) is 12.8 Å². The minimum absolute atomic E-state index is 0.203. The number of amides is 3. The second-order valence-electron chi connectivity index (χ2n) is 11.9. The average Bonchev–Trinajstić information content (AvgIpc) is 2.93. The van der Waals surface area contributed by atoms with Gasteiger partial charge in [0.15, 0.2) is 0 Å². The van der Waals surface area contributed by atoms with Crippen molar-refractivity contribution in [3.05, 3.63) is 0 Å². The van der Waals surface area contributed by atoms with Crippen LogP contribution in [0.4, 0.5) is 0 Å². The molecule has 0 fully saturated rings. The van der Waals surface area contributed by atoms with Gasteiger partial charge in [-0.3, -0.25) is 14.4 Å². The Balaban J connectivity index is 3.84. The zero-order valence-corrected chi connectivity index (χ0v) is 26.7. The predicted octanol–water partition coefficient (Wildman–Crippen LogP) is 11.2. The summed E-state index contributed by atoms with van der Waals surface area (Å²) in [6.45, 7) is 6.25. The lowest BCUT2D eigenvalue weighted by molar-refractivity contribution is -0.154. The summed E-state index contributed by atoms with van der Waals surface area (Å²) in [5.74, 6) is -0.913. The molecule has 0 aromatic carbocycles. The molecule has 0 unspecified atom stereocenters. The molecule has 230 valence electrons. The molecule has 0 bridgehead atoms. The molecule has 0 aliphatic carbocycles. The maximum atomic E-state index is 12.7. The van der Waals surface area contributed by atoms with Crippen molar-refractivity contribution < 1.29 is 14.4 Å². The van der Waals surface area contributed by atoms with Gasteiger partial charge in [0.1, 0.15) is 0 Å². The molecule has 4 nitrogen and oxygen atoms in total. The van der Waals surface area contributed by atoms with Gasteiger partial charge in [0.2, 0.25) is 17.7 Å². The maximum Gasteiger partial charge on any atom is 0.236 e. The lowest BCUT2D eigenvalue weighted by Crippen LogP contribution is -2.41. The standard InChI is InChI=1S/C35H67NO3/c1-4-7-9-11-13-15-17-19-21-23-25-27-29-31-34(38)36(33(37)6-3)35(39)32-30-28-26-24-22-20-18-16-14-12-10-8-5-2/h4-32H2,1-3H3. The molecular weight excluding hydrogens is 482 g/mol. The molecule has 3 amide bonds. The molecule has 39 heavy (non-hydrogen) atoms. The Hall–Kier alpha value is -1.19. The highest BCUT2D eigenvalue weighted by Crippen LogP contribution is 2.16. The summed E-state index contributed by atoms with van der Waals surface area (Å²) < 4.78 is 0. The fourth-order valence-electron chi connectivity index (χ4n) is 5.39. The normalized spacial score (nSPS) is 11.2. The van der Waals surface area contributed by atoms with Crippen molar-refractivity contribution >= 4 is 17.7 Å². The van der Waals surface area contributed by atoms with Crippen molar-refractivity contribution in [1.82, 2.24) is 4.90 Å². The molecule has 0 aromatic heterocycles. The Bertz CT molecular complexity index is 532. The fourth-order valence-corrected chi connectivity index (χ4v) is 5.39. The Morgan fingerprint density at radius 2 is 0.564 bits per heavy atom. The molecule has 0 spiro atoms. The van der Waals surface area contributed by atoms with Crippen LogP contribution < -0.4 is 0 Å². The highest BCUT2D eigenvalue weighted by atomic mass is 16.2. The number of unbranched alkanes of at least 4 members (excludes halogenated alkanes) is 24. The third-order valence-electron chi connectivity index (χ3n) is 8.04. The Morgan fingerprint density at radius 3 is 0.795 bits per heavy atom. The average molecular weight is 550 g/mol. The van der Waals surface area contributed by atoms with Crippen LogP contribution in [0.15, 0.2) is 0 Å². The SMILES string of the molecule is CCCCCCCCCCCCCCCC(=O)N(C(=O)CC)C(=O)CCCCCCCCCCCCCCC. The molecule has 0 rings (SSSR count). The van der Waals surface area contributed by atoms with Gasteiger partial charge in [-0.15, -0.1) is 0 Å². The molecule has 0 aromatic rings. The summed E-state index contributed by atoms with van der Waals surface area (Å²) in [5, 5.41) is 0. The summed E-state index contributed by atoms with van der Waals surface area (Å²) in [6.07, 6.45) is 33.4. The zero-order valence-electron chi connectivity index (χ0n) is 26.7. The molecular formula is C35H67NO3. The van der Waals surface area contributed by atoms with Gasteiger partial charge >= 0.3 is 0 Å². The quantitative estimate of drug-likeness (QED) is 0.0872. The fraction of sp³-hybridized carbons (Fsp3) is 0.914. The lowest BCUT2D eigenvalue weighted by atomic mass is 10.0. The first-order valence-corrected chi connectivity index (χ1v) is 17.5. The molecule has 0 aliphatic rings. The second kappa shape index (κ2) is 29.8. The number of carbonyl (C=O) groups is 3. The van der Waals surface area contributed by atoms with E-state index in [1.54, 1.807) is 6.92 Å². The largest absolute Gasteiger partial charge is 0.274 e. The Labute approximate surface area is 243 Å². The molecule has 0 N–H and O–H groups in total. The van der Waals surface area contributed by atoms with E-state index in [4.69, 9.17) is 0 Å². The van der Waals surface area contributed by atoms with Crippen LogP contribution >= 0.6 is 0 Å². The molecule has 0 radical (unpaired) electrons. The van der Waals surface area contributed by atoms with Crippen LogP contribution in [0, 0.1) is 0 Å². The van der Waals surface area contributed by atoms with Gasteiger partial charge in [-0.1, -0.05) is 175 Å². The summed E-state index contributed by atoms with van der Waals surface area (Å²) in [4.78, 5) is 38.7. The first kappa shape index (κ1) is 37.8. The van der Waals surface area contributed by atoms with Gasteiger partial charge in [-0.2, -0.15) is 0 Å². The van der Waals surface area contributed by atoms with Crippen LogP contribution in [0.5, 0.6) is 0 Å².